The van der Waals surface area contributed by atoms with Gasteiger partial charge in [-0.15, -0.1) is 0 Å². The first kappa shape index (κ1) is 15.0. The molecule has 0 aliphatic heterocycles. The second kappa shape index (κ2) is 6.91. The fourth-order valence-electron chi connectivity index (χ4n) is 2.43. The van der Waals surface area contributed by atoms with Crippen LogP contribution in [-0.2, 0) is 6.54 Å². The van der Waals surface area contributed by atoms with Crippen LogP contribution in [0.4, 0.5) is 0 Å². The number of H-pyrrole nitrogens is 1. The fraction of sp³-hybridized carbons (Fsp3) is 0.158. The van der Waals surface area contributed by atoms with Crippen molar-refractivity contribution in [3.05, 3.63) is 77.7 Å². The van der Waals surface area contributed by atoms with Gasteiger partial charge in [-0.2, -0.15) is 5.26 Å². The van der Waals surface area contributed by atoms with Crippen LogP contribution in [0.3, 0.4) is 0 Å². The Hall–Kier alpha value is -2.90. The standard InChI is InChI=1S/C19H18N4/c1-14(21-12-16-7-5-6-15(10-16)11-20)19-22-13-18(23-19)17-8-3-2-4-9-17/h2-10,13-14,21H,12H2,1H3,(H,22,23)/t14-/m0/s1. The Morgan fingerprint density at radius 1 is 1.17 bits per heavy atom. The van der Waals surface area contributed by atoms with Gasteiger partial charge in [-0.25, -0.2) is 4.98 Å². The van der Waals surface area contributed by atoms with Gasteiger partial charge in [0.2, 0.25) is 0 Å². The van der Waals surface area contributed by atoms with Crippen LogP contribution in [0.25, 0.3) is 11.3 Å². The van der Waals surface area contributed by atoms with Crippen molar-refractivity contribution < 1.29 is 0 Å². The molecule has 114 valence electrons. The maximum absolute atomic E-state index is 8.94. The lowest BCUT2D eigenvalue weighted by Crippen LogP contribution is -2.19. The van der Waals surface area contributed by atoms with E-state index in [4.69, 9.17) is 5.26 Å². The van der Waals surface area contributed by atoms with Crippen LogP contribution in [-0.4, -0.2) is 9.97 Å². The van der Waals surface area contributed by atoms with Crippen LogP contribution in [0, 0.1) is 11.3 Å². The number of hydrogen-bond donors (Lipinski definition) is 2. The summed E-state index contributed by atoms with van der Waals surface area (Å²) >= 11 is 0. The van der Waals surface area contributed by atoms with E-state index in [1.165, 1.54) is 0 Å². The Kier molecular flexibility index (Phi) is 4.51. The second-order valence-electron chi connectivity index (χ2n) is 5.45. The third-order valence-electron chi connectivity index (χ3n) is 3.75. The zero-order chi connectivity index (χ0) is 16.1. The van der Waals surface area contributed by atoms with Gasteiger partial charge < -0.3 is 10.3 Å². The van der Waals surface area contributed by atoms with Crippen molar-refractivity contribution in [3.63, 3.8) is 0 Å². The number of nitriles is 1. The summed E-state index contributed by atoms with van der Waals surface area (Å²) in [5.41, 5.74) is 3.82. The lowest BCUT2D eigenvalue weighted by molar-refractivity contribution is 0.551. The Morgan fingerprint density at radius 3 is 2.78 bits per heavy atom. The number of hydrogen-bond acceptors (Lipinski definition) is 3. The number of benzene rings is 2. The Labute approximate surface area is 135 Å². The topological polar surface area (TPSA) is 64.5 Å². The Morgan fingerprint density at radius 2 is 2.00 bits per heavy atom. The third-order valence-corrected chi connectivity index (χ3v) is 3.75. The van der Waals surface area contributed by atoms with E-state index in [2.05, 4.69) is 28.3 Å². The molecule has 0 spiro atoms. The number of aromatic amines is 1. The summed E-state index contributed by atoms with van der Waals surface area (Å²) in [6.45, 7) is 2.76. The van der Waals surface area contributed by atoms with Crippen LogP contribution < -0.4 is 5.32 Å². The zero-order valence-electron chi connectivity index (χ0n) is 13.0. The molecule has 4 heteroatoms. The van der Waals surface area contributed by atoms with Gasteiger partial charge in [-0.1, -0.05) is 42.5 Å². The highest BCUT2D eigenvalue weighted by Crippen LogP contribution is 2.19. The molecule has 0 saturated carbocycles. The Balaban J connectivity index is 1.66. The minimum Gasteiger partial charge on any atom is -0.347 e. The molecular formula is C19H18N4. The van der Waals surface area contributed by atoms with Gasteiger partial charge in [0.1, 0.15) is 5.82 Å². The van der Waals surface area contributed by atoms with Gasteiger partial charge in [-0.3, -0.25) is 0 Å². The lowest BCUT2D eigenvalue weighted by atomic mass is 10.1. The molecule has 4 nitrogen and oxygen atoms in total. The first-order chi connectivity index (χ1) is 11.3. The molecule has 1 aromatic heterocycles. The highest BCUT2D eigenvalue weighted by atomic mass is 15.0. The summed E-state index contributed by atoms with van der Waals surface area (Å²) in [7, 11) is 0. The molecule has 0 bridgehead atoms. The molecule has 0 amide bonds. The Bertz CT molecular complexity index is 815. The van der Waals surface area contributed by atoms with Crippen molar-refractivity contribution in [2.45, 2.75) is 19.5 Å². The van der Waals surface area contributed by atoms with E-state index in [-0.39, 0.29) is 6.04 Å². The molecule has 23 heavy (non-hydrogen) atoms. The summed E-state index contributed by atoms with van der Waals surface area (Å²) < 4.78 is 0. The van der Waals surface area contributed by atoms with E-state index in [9.17, 15) is 0 Å². The molecule has 3 rings (SSSR count). The minimum absolute atomic E-state index is 0.0956. The minimum atomic E-state index is 0.0956. The van der Waals surface area contributed by atoms with Crippen molar-refractivity contribution in [1.29, 1.82) is 5.26 Å². The van der Waals surface area contributed by atoms with Crippen LogP contribution in [0.5, 0.6) is 0 Å². The molecule has 0 aliphatic rings. The molecule has 1 atom stereocenters. The number of imidazole rings is 1. The molecule has 1 heterocycles. The number of rotatable bonds is 5. The first-order valence-corrected chi connectivity index (χ1v) is 7.59. The van der Waals surface area contributed by atoms with Crippen molar-refractivity contribution in [1.82, 2.24) is 15.3 Å². The van der Waals surface area contributed by atoms with E-state index < -0.39 is 0 Å². The van der Waals surface area contributed by atoms with E-state index in [1.807, 2.05) is 60.8 Å². The SMILES string of the molecule is C[C@H](NCc1cccc(C#N)c1)c1nc(-c2ccccc2)c[nH]1. The van der Waals surface area contributed by atoms with Crippen LogP contribution in [0.1, 0.15) is 29.9 Å². The summed E-state index contributed by atoms with van der Waals surface area (Å²) in [6.07, 6.45) is 1.93. The van der Waals surface area contributed by atoms with E-state index in [0.717, 1.165) is 22.6 Å². The second-order valence-corrected chi connectivity index (χ2v) is 5.45. The number of nitrogens with zero attached hydrogens (tertiary/aromatic N) is 2. The largest absolute Gasteiger partial charge is 0.347 e. The highest BCUT2D eigenvalue weighted by molar-refractivity contribution is 5.58. The molecular weight excluding hydrogens is 284 g/mol. The third kappa shape index (κ3) is 3.65. The zero-order valence-corrected chi connectivity index (χ0v) is 13.0. The normalized spacial score (nSPS) is 11.8. The van der Waals surface area contributed by atoms with Gasteiger partial charge in [0.25, 0.3) is 0 Å². The fourth-order valence-corrected chi connectivity index (χ4v) is 2.43. The molecule has 2 N–H and O–H groups in total. The summed E-state index contributed by atoms with van der Waals surface area (Å²) in [4.78, 5) is 7.89. The van der Waals surface area contributed by atoms with Crippen molar-refractivity contribution in [3.8, 4) is 17.3 Å². The van der Waals surface area contributed by atoms with E-state index in [0.29, 0.717) is 12.1 Å². The van der Waals surface area contributed by atoms with E-state index >= 15 is 0 Å². The van der Waals surface area contributed by atoms with Crippen molar-refractivity contribution >= 4 is 0 Å². The number of aromatic nitrogens is 2. The van der Waals surface area contributed by atoms with Crippen molar-refractivity contribution in [2.75, 3.05) is 0 Å². The molecule has 0 saturated heterocycles. The van der Waals surface area contributed by atoms with Gasteiger partial charge in [0.15, 0.2) is 0 Å². The summed E-state index contributed by atoms with van der Waals surface area (Å²) in [5.74, 6) is 0.903. The maximum Gasteiger partial charge on any atom is 0.123 e. The molecule has 2 aromatic carbocycles. The molecule has 0 aliphatic carbocycles. The molecule has 0 unspecified atom stereocenters. The van der Waals surface area contributed by atoms with E-state index in [1.54, 1.807) is 0 Å². The monoisotopic (exact) mass is 302 g/mol. The van der Waals surface area contributed by atoms with Gasteiger partial charge in [0, 0.05) is 18.3 Å². The quantitative estimate of drug-likeness (QED) is 0.753. The number of nitrogens with one attached hydrogen (secondary N) is 2. The van der Waals surface area contributed by atoms with Gasteiger partial charge in [0.05, 0.1) is 23.4 Å². The summed E-state index contributed by atoms with van der Waals surface area (Å²) in [6, 6.07) is 20.0. The van der Waals surface area contributed by atoms with Crippen LogP contribution in [0.2, 0.25) is 0 Å². The average Bonchev–Trinajstić information content (AvgIpc) is 3.11. The smallest absolute Gasteiger partial charge is 0.123 e. The predicted octanol–water partition coefficient (Wildman–Crippen LogP) is 3.80. The molecule has 0 radical (unpaired) electrons. The van der Waals surface area contributed by atoms with Crippen molar-refractivity contribution in [2.24, 2.45) is 0 Å². The maximum atomic E-state index is 8.94. The summed E-state index contributed by atoms with van der Waals surface area (Å²) in [5, 5.41) is 12.4. The first-order valence-electron chi connectivity index (χ1n) is 7.59. The highest BCUT2D eigenvalue weighted by Gasteiger charge is 2.10. The predicted molar refractivity (Wildman–Crippen MR) is 90.4 cm³/mol. The average molecular weight is 302 g/mol. The molecule has 0 fully saturated rings. The van der Waals surface area contributed by atoms with Gasteiger partial charge >= 0.3 is 0 Å². The van der Waals surface area contributed by atoms with Crippen LogP contribution >= 0.6 is 0 Å². The lowest BCUT2D eigenvalue weighted by Gasteiger charge is -2.11. The molecule has 3 aromatic rings. The van der Waals surface area contributed by atoms with Crippen LogP contribution in [0.15, 0.2) is 60.8 Å². The van der Waals surface area contributed by atoms with Gasteiger partial charge in [-0.05, 0) is 24.6 Å².